The first-order valence-corrected chi connectivity index (χ1v) is 7.39. The van der Waals surface area contributed by atoms with Crippen molar-refractivity contribution in [3.05, 3.63) is 33.7 Å². The van der Waals surface area contributed by atoms with Gasteiger partial charge >= 0.3 is 0 Å². The second-order valence-corrected chi connectivity index (χ2v) is 5.92. The van der Waals surface area contributed by atoms with Crippen LogP contribution in [-0.2, 0) is 4.79 Å². The van der Waals surface area contributed by atoms with Crippen molar-refractivity contribution in [1.82, 2.24) is 4.90 Å². The number of phenols is 1. The molecule has 4 nitrogen and oxygen atoms in total. The first-order valence-electron chi connectivity index (χ1n) is 6.19. The highest BCUT2D eigenvalue weighted by Crippen LogP contribution is 2.35. The van der Waals surface area contributed by atoms with Crippen LogP contribution in [-0.4, -0.2) is 27.2 Å². The van der Waals surface area contributed by atoms with Gasteiger partial charge < -0.3 is 5.11 Å². The van der Waals surface area contributed by atoms with Crippen molar-refractivity contribution >= 4 is 40.6 Å². The average Bonchev–Trinajstić information content (AvgIpc) is 2.68. The number of benzene rings is 1. The predicted octanol–water partition coefficient (Wildman–Crippen LogP) is 3.88. The molecule has 1 aromatic carbocycles. The minimum atomic E-state index is -0.279. The van der Waals surface area contributed by atoms with E-state index in [1.54, 1.807) is 18.2 Å². The highest BCUT2D eigenvalue weighted by molar-refractivity contribution is 8.18. The maximum atomic E-state index is 12.2. The third-order valence-electron chi connectivity index (χ3n) is 3.12. The number of carbonyl (C=O) groups is 2. The molecule has 20 heavy (non-hydrogen) atoms. The summed E-state index contributed by atoms with van der Waals surface area (Å²) in [6, 6.07) is 4.52. The average molecular weight is 312 g/mol. The van der Waals surface area contributed by atoms with Crippen LogP contribution in [0.1, 0.15) is 25.8 Å². The number of halogens is 1. The van der Waals surface area contributed by atoms with E-state index < -0.39 is 0 Å². The zero-order chi connectivity index (χ0) is 14.9. The summed E-state index contributed by atoms with van der Waals surface area (Å²) in [7, 11) is 0. The number of aromatic hydroxyl groups is 1. The van der Waals surface area contributed by atoms with Crippen molar-refractivity contribution in [2.75, 3.05) is 0 Å². The molecule has 0 aromatic heterocycles. The van der Waals surface area contributed by atoms with Crippen LogP contribution >= 0.6 is 23.4 Å². The number of amides is 2. The molecule has 0 bridgehead atoms. The van der Waals surface area contributed by atoms with Crippen LogP contribution in [0.2, 0.25) is 5.02 Å². The monoisotopic (exact) mass is 311 g/mol. The van der Waals surface area contributed by atoms with Crippen molar-refractivity contribution < 1.29 is 14.7 Å². The van der Waals surface area contributed by atoms with Crippen LogP contribution in [0.5, 0.6) is 5.75 Å². The number of hydrogen-bond donors (Lipinski definition) is 1. The Morgan fingerprint density at radius 2 is 2.15 bits per heavy atom. The van der Waals surface area contributed by atoms with E-state index in [2.05, 4.69) is 0 Å². The Morgan fingerprint density at radius 1 is 1.45 bits per heavy atom. The lowest BCUT2D eigenvalue weighted by Crippen LogP contribution is -2.36. The van der Waals surface area contributed by atoms with Crippen molar-refractivity contribution in [2.24, 2.45) is 0 Å². The molecule has 1 saturated heterocycles. The van der Waals surface area contributed by atoms with E-state index in [-0.39, 0.29) is 28.0 Å². The number of carbonyl (C=O) groups excluding carboxylic acids is 2. The molecule has 2 rings (SSSR count). The van der Waals surface area contributed by atoms with Crippen LogP contribution in [0, 0.1) is 0 Å². The Bertz CT molecular complexity index is 600. The molecular formula is C14H14ClNO3S. The molecule has 0 saturated carbocycles. The van der Waals surface area contributed by atoms with Gasteiger partial charge in [-0.25, -0.2) is 0 Å². The summed E-state index contributed by atoms with van der Waals surface area (Å²) in [5, 5.41) is 9.32. The van der Waals surface area contributed by atoms with Gasteiger partial charge in [0.25, 0.3) is 11.1 Å². The zero-order valence-corrected chi connectivity index (χ0v) is 12.7. The molecule has 1 fully saturated rings. The van der Waals surface area contributed by atoms with Crippen molar-refractivity contribution in [2.45, 2.75) is 26.3 Å². The Labute approximate surface area is 126 Å². The number of imide groups is 1. The molecule has 6 heteroatoms. The van der Waals surface area contributed by atoms with Gasteiger partial charge in [0.2, 0.25) is 0 Å². The van der Waals surface area contributed by atoms with Gasteiger partial charge in [0, 0.05) is 6.04 Å². The molecule has 0 spiro atoms. The van der Waals surface area contributed by atoms with E-state index in [0.29, 0.717) is 10.5 Å². The lowest BCUT2D eigenvalue weighted by Gasteiger charge is -2.19. The summed E-state index contributed by atoms with van der Waals surface area (Å²) in [6.45, 7) is 3.77. The normalized spacial score (nSPS) is 18.9. The molecular weight excluding hydrogens is 298 g/mol. The maximum Gasteiger partial charge on any atom is 0.293 e. The number of nitrogens with zero attached hydrogens (tertiary/aromatic N) is 1. The smallest absolute Gasteiger partial charge is 0.293 e. The van der Waals surface area contributed by atoms with Gasteiger partial charge in [-0.2, -0.15) is 0 Å². The van der Waals surface area contributed by atoms with Gasteiger partial charge in [-0.05, 0) is 48.9 Å². The molecule has 1 aromatic rings. The van der Waals surface area contributed by atoms with E-state index in [1.807, 2.05) is 13.8 Å². The topological polar surface area (TPSA) is 57.6 Å². The molecule has 0 radical (unpaired) electrons. The summed E-state index contributed by atoms with van der Waals surface area (Å²) in [5.41, 5.74) is 0.669. The Morgan fingerprint density at radius 3 is 2.75 bits per heavy atom. The van der Waals surface area contributed by atoms with E-state index in [0.717, 1.165) is 18.2 Å². The van der Waals surface area contributed by atoms with Crippen LogP contribution in [0.4, 0.5) is 4.79 Å². The summed E-state index contributed by atoms with van der Waals surface area (Å²) < 4.78 is 0. The highest BCUT2D eigenvalue weighted by atomic mass is 35.5. The Balaban J connectivity index is 2.30. The molecule has 1 unspecified atom stereocenters. The van der Waals surface area contributed by atoms with Crippen molar-refractivity contribution in [3.63, 3.8) is 0 Å². The van der Waals surface area contributed by atoms with Gasteiger partial charge in [0.15, 0.2) is 0 Å². The summed E-state index contributed by atoms with van der Waals surface area (Å²) in [6.07, 6.45) is 2.33. The second kappa shape index (κ2) is 5.89. The minimum absolute atomic E-state index is 0.0171. The number of rotatable bonds is 3. The summed E-state index contributed by atoms with van der Waals surface area (Å²) >= 11 is 6.74. The molecule has 106 valence electrons. The summed E-state index contributed by atoms with van der Waals surface area (Å²) in [5.74, 6) is -0.296. The lowest BCUT2D eigenvalue weighted by atomic mass is 10.2. The molecule has 1 aliphatic heterocycles. The largest absolute Gasteiger partial charge is 0.506 e. The maximum absolute atomic E-state index is 12.2. The third kappa shape index (κ3) is 2.83. The lowest BCUT2D eigenvalue weighted by molar-refractivity contribution is -0.124. The fourth-order valence-corrected chi connectivity index (χ4v) is 2.93. The van der Waals surface area contributed by atoms with E-state index in [1.165, 1.54) is 11.0 Å². The highest BCUT2D eigenvalue weighted by Gasteiger charge is 2.37. The zero-order valence-electron chi connectivity index (χ0n) is 11.1. The molecule has 0 aliphatic carbocycles. The Kier molecular flexibility index (Phi) is 4.40. The number of thioether (sulfide) groups is 1. The second-order valence-electron chi connectivity index (χ2n) is 4.52. The standard InChI is InChI=1S/C14H14ClNO3S/c1-3-8(2)16-13(18)12(20-14(16)19)7-9-4-5-11(17)10(15)6-9/h4-8,17H,3H2,1-2H3/b12-7+. The SMILES string of the molecule is CCC(C)N1C(=O)S/C(=C/c2ccc(O)c(Cl)c2)C1=O. The third-order valence-corrected chi connectivity index (χ3v) is 4.31. The Hall–Kier alpha value is -1.46. The van der Waals surface area contributed by atoms with Crippen LogP contribution in [0.15, 0.2) is 23.1 Å². The minimum Gasteiger partial charge on any atom is -0.506 e. The van der Waals surface area contributed by atoms with Crippen LogP contribution in [0.3, 0.4) is 0 Å². The fraction of sp³-hybridized carbons (Fsp3) is 0.286. The number of hydrogen-bond acceptors (Lipinski definition) is 4. The van der Waals surface area contributed by atoms with Crippen LogP contribution in [0.25, 0.3) is 6.08 Å². The molecule has 1 N–H and O–H groups in total. The first kappa shape index (κ1) is 14.9. The first-order chi connectivity index (χ1) is 9.43. The summed E-state index contributed by atoms with van der Waals surface area (Å²) in [4.78, 5) is 25.7. The van der Waals surface area contributed by atoms with E-state index >= 15 is 0 Å². The van der Waals surface area contributed by atoms with Gasteiger partial charge in [-0.3, -0.25) is 14.5 Å². The van der Waals surface area contributed by atoms with Crippen molar-refractivity contribution in [3.8, 4) is 5.75 Å². The quantitative estimate of drug-likeness (QED) is 0.861. The predicted molar refractivity (Wildman–Crippen MR) is 80.7 cm³/mol. The number of phenolic OH excluding ortho intramolecular Hbond substituents is 1. The van der Waals surface area contributed by atoms with E-state index in [9.17, 15) is 14.7 Å². The van der Waals surface area contributed by atoms with Crippen molar-refractivity contribution in [1.29, 1.82) is 0 Å². The fourth-order valence-electron chi connectivity index (χ4n) is 1.81. The molecule has 1 aliphatic rings. The van der Waals surface area contributed by atoms with Gasteiger partial charge in [-0.1, -0.05) is 24.6 Å². The molecule has 1 heterocycles. The molecule has 1 atom stereocenters. The van der Waals surface area contributed by atoms with Gasteiger partial charge in [-0.15, -0.1) is 0 Å². The molecule has 2 amide bonds. The van der Waals surface area contributed by atoms with Gasteiger partial charge in [0.1, 0.15) is 5.75 Å². The van der Waals surface area contributed by atoms with Crippen LogP contribution < -0.4 is 0 Å². The van der Waals surface area contributed by atoms with Gasteiger partial charge in [0.05, 0.1) is 9.93 Å². The van der Waals surface area contributed by atoms with E-state index in [4.69, 9.17) is 11.6 Å².